The molecule has 102 valence electrons. The third-order valence-corrected chi connectivity index (χ3v) is 5.96. The number of aromatic amines is 1. The lowest BCUT2D eigenvalue weighted by atomic mass is 10.0. The van der Waals surface area contributed by atoms with Crippen LogP contribution in [-0.4, -0.2) is 4.98 Å². The molecule has 2 atom stereocenters. The minimum atomic E-state index is 0.468. The summed E-state index contributed by atoms with van der Waals surface area (Å²) in [6.45, 7) is 4.71. The molecule has 0 amide bonds. The predicted molar refractivity (Wildman–Crippen MR) is 89.4 cm³/mol. The number of hydrogen-bond donors (Lipinski definition) is 1. The van der Waals surface area contributed by atoms with Gasteiger partial charge in [-0.15, -0.1) is 0 Å². The molecule has 1 aliphatic carbocycles. The van der Waals surface area contributed by atoms with Crippen LogP contribution in [0.1, 0.15) is 30.7 Å². The number of halogens is 1. The molecule has 1 heterocycles. The first-order chi connectivity index (χ1) is 9.56. The molecule has 3 aromatic rings. The number of hydrogen-bond acceptors (Lipinski definition) is 0. The zero-order valence-electron chi connectivity index (χ0n) is 11.8. The quantitative estimate of drug-likeness (QED) is 0.572. The van der Waals surface area contributed by atoms with Crippen molar-refractivity contribution < 1.29 is 0 Å². The molecule has 1 N–H and O–H groups in total. The monoisotopic (exact) mass is 327 g/mol. The normalized spacial score (nSPS) is 22.2. The van der Waals surface area contributed by atoms with Gasteiger partial charge in [0.1, 0.15) is 0 Å². The Hall–Kier alpha value is -1.28. The van der Waals surface area contributed by atoms with Crippen LogP contribution in [0.5, 0.6) is 0 Å². The summed E-state index contributed by atoms with van der Waals surface area (Å²) < 4.78 is 0. The number of alkyl halides is 1. The molecule has 1 aromatic heterocycles. The first-order valence-electron chi connectivity index (χ1n) is 7.21. The van der Waals surface area contributed by atoms with Gasteiger partial charge >= 0.3 is 0 Å². The van der Waals surface area contributed by atoms with Crippen molar-refractivity contribution in [2.75, 3.05) is 0 Å². The Labute approximate surface area is 127 Å². The number of fused-ring (bicyclic) bond motifs is 3. The summed E-state index contributed by atoms with van der Waals surface area (Å²) in [5.74, 6) is 0.755. The van der Waals surface area contributed by atoms with Crippen LogP contribution in [0.25, 0.3) is 21.8 Å². The highest BCUT2D eigenvalue weighted by Crippen LogP contribution is 2.60. The van der Waals surface area contributed by atoms with E-state index < -0.39 is 0 Å². The second-order valence-corrected chi connectivity index (χ2v) is 7.66. The summed E-state index contributed by atoms with van der Waals surface area (Å²) in [6.07, 6.45) is 1.31. The smallest absolute Gasteiger partial charge is 0.0465 e. The molecule has 0 spiro atoms. The average molecular weight is 328 g/mol. The average Bonchev–Trinajstić information content (AvgIpc) is 2.93. The molecular formula is C18H18BrN. The highest BCUT2D eigenvalue weighted by molar-refractivity contribution is 9.09. The summed E-state index contributed by atoms with van der Waals surface area (Å²) in [4.78, 5) is 3.96. The van der Waals surface area contributed by atoms with E-state index >= 15 is 0 Å². The van der Waals surface area contributed by atoms with Gasteiger partial charge < -0.3 is 4.98 Å². The van der Waals surface area contributed by atoms with Gasteiger partial charge in [0.05, 0.1) is 0 Å². The molecule has 1 nitrogen and oxygen atoms in total. The van der Waals surface area contributed by atoms with E-state index in [1.807, 2.05) is 0 Å². The fourth-order valence-electron chi connectivity index (χ4n) is 3.28. The molecule has 0 radical (unpaired) electrons. The largest absolute Gasteiger partial charge is 0.355 e. The standard InChI is InChI=1S/C18H18BrN/c1-18(2)10-14(18)17(19)11-7-8-16-13(9-11)12-5-3-4-6-15(12)20-16/h3-9,14,17,20H,10H2,1-2H3. The lowest BCUT2D eigenvalue weighted by molar-refractivity contribution is 0.555. The van der Waals surface area contributed by atoms with Crippen molar-refractivity contribution in [3.05, 3.63) is 48.0 Å². The maximum atomic E-state index is 3.92. The van der Waals surface area contributed by atoms with Crippen molar-refractivity contribution in [1.82, 2.24) is 4.98 Å². The van der Waals surface area contributed by atoms with Crippen LogP contribution in [-0.2, 0) is 0 Å². The van der Waals surface area contributed by atoms with Crippen LogP contribution in [0.3, 0.4) is 0 Å². The van der Waals surface area contributed by atoms with Crippen LogP contribution in [0.2, 0.25) is 0 Å². The maximum absolute atomic E-state index is 3.92. The number of para-hydroxylation sites is 1. The Morgan fingerprint density at radius 2 is 1.80 bits per heavy atom. The minimum Gasteiger partial charge on any atom is -0.355 e. The minimum absolute atomic E-state index is 0.468. The van der Waals surface area contributed by atoms with Crippen LogP contribution >= 0.6 is 15.9 Å². The summed E-state index contributed by atoms with van der Waals surface area (Å²) in [5.41, 5.74) is 4.34. The van der Waals surface area contributed by atoms with Crippen LogP contribution in [0.15, 0.2) is 42.5 Å². The zero-order valence-corrected chi connectivity index (χ0v) is 13.4. The second kappa shape index (κ2) is 4.11. The van der Waals surface area contributed by atoms with Crippen LogP contribution in [0.4, 0.5) is 0 Å². The number of aromatic nitrogens is 1. The van der Waals surface area contributed by atoms with Gasteiger partial charge in [-0.3, -0.25) is 0 Å². The first kappa shape index (κ1) is 12.5. The number of nitrogens with one attached hydrogen (secondary N) is 1. The molecule has 1 fully saturated rings. The van der Waals surface area contributed by atoms with E-state index in [0.717, 1.165) is 5.92 Å². The molecule has 1 aliphatic rings. The first-order valence-corrected chi connectivity index (χ1v) is 8.12. The lowest BCUT2D eigenvalue weighted by Gasteiger charge is -2.12. The Morgan fingerprint density at radius 3 is 2.55 bits per heavy atom. The van der Waals surface area contributed by atoms with Gasteiger partial charge in [0, 0.05) is 26.6 Å². The van der Waals surface area contributed by atoms with Gasteiger partial charge in [-0.1, -0.05) is 54.0 Å². The van der Waals surface area contributed by atoms with E-state index in [9.17, 15) is 0 Å². The highest BCUT2D eigenvalue weighted by Gasteiger charge is 2.49. The Kier molecular flexibility index (Phi) is 2.56. The van der Waals surface area contributed by atoms with Crippen LogP contribution in [0, 0.1) is 11.3 Å². The van der Waals surface area contributed by atoms with Crippen molar-refractivity contribution >= 4 is 37.7 Å². The Balaban J connectivity index is 1.84. The van der Waals surface area contributed by atoms with E-state index in [4.69, 9.17) is 0 Å². The van der Waals surface area contributed by atoms with Gasteiger partial charge in [-0.05, 0) is 41.5 Å². The molecule has 20 heavy (non-hydrogen) atoms. The van der Waals surface area contributed by atoms with Gasteiger partial charge in [0.15, 0.2) is 0 Å². The van der Waals surface area contributed by atoms with E-state index in [0.29, 0.717) is 10.2 Å². The van der Waals surface area contributed by atoms with E-state index in [1.165, 1.54) is 33.8 Å². The lowest BCUT2D eigenvalue weighted by Crippen LogP contribution is -1.98. The molecule has 0 saturated heterocycles. The third kappa shape index (κ3) is 1.81. The molecular weight excluding hydrogens is 310 g/mol. The fourth-order valence-corrected chi connectivity index (χ4v) is 4.46. The number of H-pyrrole nitrogens is 1. The molecule has 0 aliphatic heterocycles. The third-order valence-electron chi connectivity index (χ3n) is 4.79. The molecule has 4 rings (SSSR count). The summed E-state index contributed by atoms with van der Waals surface area (Å²) in [7, 11) is 0. The van der Waals surface area contributed by atoms with E-state index in [-0.39, 0.29) is 0 Å². The molecule has 2 aromatic carbocycles. The summed E-state index contributed by atoms with van der Waals surface area (Å²) in [5, 5.41) is 2.65. The van der Waals surface area contributed by atoms with Crippen molar-refractivity contribution in [1.29, 1.82) is 0 Å². The van der Waals surface area contributed by atoms with E-state index in [2.05, 4.69) is 77.2 Å². The number of benzene rings is 2. The SMILES string of the molecule is CC1(C)CC1C(Br)c1ccc2[nH]c3ccccc3c2c1. The van der Waals surface area contributed by atoms with E-state index in [1.54, 1.807) is 0 Å². The van der Waals surface area contributed by atoms with Gasteiger partial charge in [-0.25, -0.2) is 0 Å². The predicted octanol–water partition coefficient (Wildman–Crippen LogP) is 5.80. The molecule has 1 saturated carbocycles. The summed E-state index contributed by atoms with van der Waals surface area (Å²) in [6, 6.07) is 15.4. The molecule has 2 unspecified atom stereocenters. The van der Waals surface area contributed by atoms with Gasteiger partial charge in [0.25, 0.3) is 0 Å². The Bertz CT molecular complexity index is 799. The van der Waals surface area contributed by atoms with Crippen molar-refractivity contribution in [2.24, 2.45) is 11.3 Å². The fraction of sp³-hybridized carbons (Fsp3) is 0.333. The van der Waals surface area contributed by atoms with Crippen molar-refractivity contribution in [3.63, 3.8) is 0 Å². The zero-order chi connectivity index (χ0) is 13.9. The second-order valence-electron chi connectivity index (χ2n) is 6.68. The number of rotatable bonds is 2. The van der Waals surface area contributed by atoms with Crippen molar-refractivity contribution in [3.8, 4) is 0 Å². The summed E-state index contributed by atoms with van der Waals surface area (Å²) >= 11 is 3.92. The maximum Gasteiger partial charge on any atom is 0.0465 e. The van der Waals surface area contributed by atoms with Crippen molar-refractivity contribution in [2.45, 2.75) is 25.1 Å². The highest BCUT2D eigenvalue weighted by atomic mass is 79.9. The topological polar surface area (TPSA) is 15.8 Å². The van der Waals surface area contributed by atoms with Gasteiger partial charge in [0.2, 0.25) is 0 Å². The van der Waals surface area contributed by atoms with Gasteiger partial charge in [-0.2, -0.15) is 0 Å². The Morgan fingerprint density at radius 1 is 1.10 bits per heavy atom. The molecule has 2 heteroatoms. The molecule has 0 bridgehead atoms. The van der Waals surface area contributed by atoms with Crippen LogP contribution < -0.4 is 0 Å².